The molecule has 34 heavy (non-hydrogen) atoms. The van der Waals surface area contributed by atoms with E-state index in [1.54, 1.807) is 30.3 Å². The highest BCUT2D eigenvalue weighted by Crippen LogP contribution is 2.42. The van der Waals surface area contributed by atoms with E-state index in [-0.39, 0.29) is 41.2 Å². The van der Waals surface area contributed by atoms with Gasteiger partial charge in [0.2, 0.25) is 12.7 Å². The Kier molecular flexibility index (Phi) is 5.57. The van der Waals surface area contributed by atoms with Crippen LogP contribution in [0.3, 0.4) is 0 Å². The summed E-state index contributed by atoms with van der Waals surface area (Å²) in [5.41, 5.74) is 0.985. The van der Waals surface area contributed by atoms with E-state index in [4.69, 9.17) is 9.47 Å². The van der Waals surface area contributed by atoms with Crippen LogP contribution in [0.5, 0.6) is 23.0 Å². The lowest BCUT2D eigenvalue weighted by molar-refractivity contribution is -0.286. The molecular formula is C22H15F2N3O6S. The number of rotatable bonds is 6. The number of pyridine rings is 1. The van der Waals surface area contributed by atoms with E-state index in [9.17, 15) is 18.4 Å². The minimum absolute atomic E-state index is 0.00909. The van der Waals surface area contributed by atoms with Crippen LogP contribution in [0, 0.1) is 0 Å². The van der Waals surface area contributed by atoms with Crippen molar-refractivity contribution < 1.29 is 37.3 Å². The van der Waals surface area contributed by atoms with Crippen molar-refractivity contribution in [2.24, 2.45) is 0 Å². The Labute approximate surface area is 195 Å². The van der Waals surface area contributed by atoms with Gasteiger partial charge in [-0.1, -0.05) is 11.8 Å². The number of amides is 2. The summed E-state index contributed by atoms with van der Waals surface area (Å²) in [6.45, 7) is 0.131. The standard InChI is InChI=1S/C22H15F2N3O6S/c23-22(24)32-16-6-4-13(9-18(16)33-22)27-20(29)14-2-1-7-25-21(14)34-10-19(28)26-12-3-5-15-17(8-12)31-11-30-15/h1-9H,10-11H2,(H,26,28)(H,27,29). The molecule has 3 aromatic rings. The highest BCUT2D eigenvalue weighted by atomic mass is 32.2. The molecule has 2 N–H and O–H groups in total. The Morgan fingerprint density at radius 2 is 1.65 bits per heavy atom. The van der Waals surface area contributed by atoms with Crippen LogP contribution < -0.4 is 29.6 Å². The van der Waals surface area contributed by atoms with Gasteiger partial charge in [0, 0.05) is 29.7 Å². The number of carbonyl (C=O) groups excluding carboxylic acids is 2. The summed E-state index contributed by atoms with van der Waals surface area (Å²) in [6, 6.07) is 12.1. The van der Waals surface area contributed by atoms with Crippen LogP contribution in [0.2, 0.25) is 0 Å². The number of benzene rings is 2. The highest BCUT2D eigenvalue weighted by Gasteiger charge is 2.43. The van der Waals surface area contributed by atoms with Gasteiger partial charge in [0.05, 0.1) is 11.3 Å². The molecule has 174 valence electrons. The van der Waals surface area contributed by atoms with E-state index in [0.717, 1.165) is 11.8 Å². The highest BCUT2D eigenvalue weighted by molar-refractivity contribution is 8.00. The van der Waals surface area contributed by atoms with Crippen molar-refractivity contribution in [2.45, 2.75) is 11.3 Å². The van der Waals surface area contributed by atoms with E-state index in [1.165, 1.54) is 24.4 Å². The lowest BCUT2D eigenvalue weighted by Crippen LogP contribution is -2.25. The molecule has 3 heterocycles. The summed E-state index contributed by atoms with van der Waals surface area (Å²) < 4.78 is 45.7. The zero-order valence-electron chi connectivity index (χ0n) is 17.2. The molecule has 9 nitrogen and oxygen atoms in total. The van der Waals surface area contributed by atoms with Gasteiger partial charge in [-0.05, 0) is 36.4 Å². The molecule has 0 radical (unpaired) electrons. The number of alkyl halides is 2. The molecule has 0 bridgehead atoms. The van der Waals surface area contributed by atoms with Gasteiger partial charge in [-0.2, -0.15) is 0 Å². The van der Waals surface area contributed by atoms with E-state index < -0.39 is 12.2 Å². The van der Waals surface area contributed by atoms with Crippen molar-refractivity contribution in [1.29, 1.82) is 0 Å². The number of halogens is 2. The molecule has 5 rings (SSSR count). The minimum atomic E-state index is -3.75. The van der Waals surface area contributed by atoms with Crippen molar-refractivity contribution in [2.75, 3.05) is 23.2 Å². The molecule has 0 saturated carbocycles. The fourth-order valence-corrected chi connectivity index (χ4v) is 4.00. The summed E-state index contributed by atoms with van der Waals surface area (Å²) in [4.78, 5) is 29.4. The zero-order chi connectivity index (χ0) is 23.7. The summed E-state index contributed by atoms with van der Waals surface area (Å²) in [5.74, 6) is -0.0212. The fraction of sp³-hybridized carbons (Fsp3) is 0.136. The van der Waals surface area contributed by atoms with Gasteiger partial charge in [0.15, 0.2) is 23.0 Å². The second-order valence-electron chi connectivity index (χ2n) is 7.04. The van der Waals surface area contributed by atoms with E-state index >= 15 is 0 Å². The van der Waals surface area contributed by atoms with Crippen molar-refractivity contribution in [3.05, 3.63) is 60.3 Å². The van der Waals surface area contributed by atoms with Crippen LogP contribution in [0.25, 0.3) is 0 Å². The summed E-state index contributed by atoms with van der Waals surface area (Å²) >= 11 is 1.07. The van der Waals surface area contributed by atoms with Gasteiger partial charge in [-0.15, -0.1) is 8.78 Å². The third-order valence-corrected chi connectivity index (χ3v) is 5.68. The van der Waals surface area contributed by atoms with Crippen LogP contribution in [0.15, 0.2) is 59.8 Å². The first-order valence-corrected chi connectivity index (χ1v) is 10.8. The molecule has 2 amide bonds. The van der Waals surface area contributed by atoms with Crippen molar-refractivity contribution >= 4 is 35.0 Å². The molecule has 1 aromatic heterocycles. The first kappa shape index (κ1) is 21.8. The number of thioether (sulfide) groups is 1. The second kappa shape index (κ2) is 8.71. The number of aromatic nitrogens is 1. The Balaban J connectivity index is 1.22. The Hall–Kier alpha value is -4.06. The average Bonchev–Trinajstić information content (AvgIpc) is 3.39. The van der Waals surface area contributed by atoms with Crippen molar-refractivity contribution in [3.63, 3.8) is 0 Å². The lowest BCUT2D eigenvalue weighted by atomic mass is 10.2. The van der Waals surface area contributed by atoms with Gasteiger partial charge < -0.3 is 29.6 Å². The molecule has 0 spiro atoms. The first-order valence-electron chi connectivity index (χ1n) is 9.85. The predicted octanol–water partition coefficient (Wildman–Crippen LogP) is 4.11. The Morgan fingerprint density at radius 3 is 2.50 bits per heavy atom. The maximum atomic E-state index is 13.2. The number of nitrogens with zero attached hydrogens (tertiary/aromatic N) is 1. The first-order chi connectivity index (χ1) is 16.4. The average molecular weight is 487 g/mol. The van der Waals surface area contributed by atoms with Crippen molar-refractivity contribution in [1.82, 2.24) is 4.98 Å². The zero-order valence-corrected chi connectivity index (χ0v) is 18.0. The third-order valence-electron chi connectivity index (χ3n) is 4.67. The molecule has 12 heteroatoms. The summed E-state index contributed by atoms with van der Waals surface area (Å²) in [5, 5.41) is 5.69. The molecular weight excluding hydrogens is 472 g/mol. The summed E-state index contributed by atoms with van der Waals surface area (Å²) in [6.07, 6.45) is -2.25. The fourth-order valence-electron chi connectivity index (χ4n) is 3.21. The topological polar surface area (TPSA) is 108 Å². The van der Waals surface area contributed by atoms with Crippen LogP contribution in [-0.4, -0.2) is 35.6 Å². The monoisotopic (exact) mass is 487 g/mol. The van der Waals surface area contributed by atoms with Crippen LogP contribution >= 0.6 is 11.8 Å². The molecule has 0 aliphatic carbocycles. The van der Waals surface area contributed by atoms with Gasteiger partial charge in [-0.3, -0.25) is 9.59 Å². The molecule has 2 aliphatic rings. The molecule has 0 fully saturated rings. The summed E-state index contributed by atoms with van der Waals surface area (Å²) in [7, 11) is 0. The molecule has 2 aromatic carbocycles. The Bertz CT molecular complexity index is 1290. The smallest absolute Gasteiger partial charge is 0.454 e. The number of nitrogens with one attached hydrogen (secondary N) is 2. The molecule has 0 saturated heterocycles. The SMILES string of the molecule is O=C(CSc1ncccc1C(=O)Nc1ccc2c(c1)OC(F)(F)O2)Nc1ccc2c(c1)OCO2. The van der Waals surface area contributed by atoms with Crippen molar-refractivity contribution in [3.8, 4) is 23.0 Å². The predicted molar refractivity (Wildman–Crippen MR) is 117 cm³/mol. The van der Waals surface area contributed by atoms with Gasteiger partial charge in [0.1, 0.15) is 5.03 Å². The maximum absolute atomic E-state index is 13.2. The number of hydrogen-bond acceptors (Lipinski definition) is 8. The minimum Gasteiger partial charge on any atom is -0.454 e. The number of anilines is 2. The van der Waals surface area contributed by atoms with Crippen LogP contribution in [0.4, 0.5) is 20.2 Å². The van der Waals surface area contributed by atoms with E-state index in [2.05, 4.69) is 25.1 Å². The maximum Gasteiger partial charge on any atom is 0.586 e. The number of hydrogen-bond donors (Lipinski definition) is 2. The largest absolute Gasteiger partial charge is 0.586 e. The van der Waals surface area contributed by atoms with Gasteiger partial charge in [0.25, 0.3) is 5.91 Å². The van der Waals surface area contributed by atoms with Gasteiger partial charge >= 0.3 is 6.29 Å². The molecule has 0 atom stereocenters. The number of carbonyl (C=O) groups is 2. The lowest BCUT2D eigenvalue weighted by Gasteiger charge is -2.10. The molecule has 0 unspecified atom stereocenters. The molecule has 2 aliphatic heterocycles. The quantitative estimate of drug-likeness (QED) is 0.500. The van der Waals surface area contributed by atoms with Crippen LogP contribution in [0.1, 0.15) is 10.4 Å². The Morgan fingerprint density at radius 1 is 0.941 bits per heavy atom. The van der Waals surface area contributed by atoms with E-state index in [1.807, 2.05) is 0 Å². The third kappa shape index (κ3) is 4.66. The van der Waals surface area contributed by atoms with E-state index in [0.29, 0.717) is 22.2 Å². The van der Waals surface area contributed by atoms with Crippen LogP contribution in [-0.2, 0) is 4.79 Å². The van der Waals surface area contributed by atoms with Gasteiger partial charge in [-0.25, -0.2) is 4.98 Å². The second-order valence-corrected chi connectivity index (χ2v) is 8.01. The number of fused-ring (bicyclic) bond motifs is 2. The normalized spacial score (nSPS) is 14.5. The number of ether oxygens (including phenoxy) is 4.